The molecule has 0 fully saturated rings. The Bertz CT molecular complexity index is 712. The minimum atomic E-state index is -4.49. The fourth-order valence-corrected chi connectivity index (χ4v) is 2.85. The van der Waals surface area contributed by atoms with E-state index in [4.69, 9.17) is 10.5 Å². The van der Waals surface area contributed by atoms with E-state index in [1.807, 2.05) is 0 Å². The molecule has 1 aromatic carbocycles. The number of benzene rings is 1. The molecule has 23 heavy (non-hydrogen) atoms. The highest BCUT2D eigenvalue weighted by Crippen LogP contribution is 2.38. The number of methoxy groups -OCH3 is 1. The van der Waals surface area contributed by atoms with Crippen LogP contribution in [0.15, 0.2) is 30.3 Å². The maximum Gasteiger partial charge on any atom is 0.416 e. The lowest BCUT2D eigenvalue weighted by atomic mass is 10.0. The van der Waals surface area contributed by atoms with Crippen molar-refractivity contribution < 1.29 is 27.4 Å². The molecule has 1 atom stereocenters. The molecular weight excluding hydrogens is 331 g/mol. The number of rotatable bonds is 4. The summed E-state index contributed by atoms with van der Waals surface area (Å²) in [4.78, 5) is 11.8. The standard InChI is InChI=1S/C15H14F3NO3S/c1-8(9-5-3-4-6-10(9)15(16,17)18)22-11-7-12(19)23-13(11)14(20)21-2/h3-8H,19H2,1-2H3. The molecule has 0 saturated carbocycles. The summed E-state index contributed by atoms with van der Waals surface area (Å²) in [5.41, 5.74) is 4.83. The number of hydrogen-bond acceptors (Lipinski definition) is 5. The van der Waals surface area contributed by atoms with E-state index in [1.54, 1.807) is 0 Å². The van der Waals surface area contributed by atoms with Crippen molar-refractivity contribution in [2.24, 2.45) is 0 Å². The van der Waals surface area contributed by atoms with Crippen LogP contribution in [-0.4, -0.2) is 13.1 Å². The van der Waals surface area contributed by atoms with E-state index in [-0.39, 0.29) is 16.2 Å². The van der Waals surface area contributed by atoms with Crippen molar-refractivity contribution in [1.29, 1.82) is 0 Å². The van der Waals surface area contributed by atoms with Crippen molar-refractivity contribution in [3.8, 4) is 5.75 Å². The largest absolute Gasteiger partial charge is 0.484 e. The lowest BCUT2D eigenvalue weighted by Gasteiger charge is -2.19. The molecule has 0 saturated heterocycles. The van der Waals surface area contributed by atoms with Gasteiger partial charge in [0.15, 0.2) is 4.88 Å². The number of halogens is 3. The van der Waals surface area contributed by atoms with Crippen LogP contribution in [0.25, 0.3) is 0 Å². The smallest absolute Gasteiger partial charge is 0.416 e. The zero-order valence-corrected chi connectivity index (χ0v) is 13.1. The fourth-order valence-electron chi connectivity index (χ4n) is 2.08. The number of nitrogens with two attached hydrogens (primary N) is 1. The molecular formula is C15H14F3NO3S. The van der Waals surface area contributed by atoms with Gasteiger partial charge in [-0.15, -0.1) is 11.3 Å². The molecule has 0 bridgehead atoms. The zero-order valence-electron chi connectivity index (χ0n) is 12.3. The summed E-state index contributed by atoms with van der Waals surface area (Å²) in [5, 5.41) is 0.303. The average Bonchev–Trinajstić information content (AvgIpc) is 2.86. The highest BCUT2D eigenvalue weighted by Gasteiger charge is 2.35. The molecule has 0 radical (unpaired) electrons. The number of anilines is 1. The summed E-state index contributed by atoms with van der Waals surface area (Å²) in [7, 11) is 1.20. The van der Waals surface area contributed by atoms with E-state index in [2.05, 4.69) is 4.74 Å². The molecule has 2 rings (SSSR count). The lowest BCUT2D eigenvalue weighted by Crippen LogP contribution is -2.14. The number of carbonyl (C=O) groups is 1. The normalized spacial score (nSPS) is 12.7. The molecule has 1 aromatic heterocycles. The van der Waals surface area contributed by atoms with Crippen LogP contribution in [0.5, 0.6) is 5.75 Å². The van der Waals surface area contributed by atoms with Gasteiger partial charge in [0, 0.05) is 11.6 Å². The maximum absolute atomic E-state index is 13.1. The van der Waals surface area contributed by atoms with E-state index < -0.39 is 23.8 Å². The van der Waals surface area contributed by atoms with E-state index in [9.17, 15) is 18.0 Å². The molecule has 0 spiro atoms. The van der Waals surface area contributed by atoms with Gasteiger partial charge in [0.25, 0.3) is 0 Å². The molecule has 1 heterocycles. The van der Waals surface area contributed by atoms with Gasteiger partial charge in [-0.1, -0.05) is 18.2 Å². The Balaban J connectivity index is 2.34. The van der Waals surface area contributed by atoms with E-state index in [0.29, 0.717) is 5.00 Å². The third-order valence-corrected chi connectivity index (χ3v) is 4.02. The van der Waals surface area contributed by atoms with Crippen LogP contribution in [0.4, 0.5) is 18.2 Å². The van der Waals surface area contributed by atoms with Crippen LogP contribution in [-0.2, 0) is 10.9 Å². The lowest BCUT2D eigenvalue weighted by molar-refractivity contribution is -0.139. The molecule has 124 valence electrons. The van der Waals surface area contributed by atoms with Gasteiger partial charge in [0.2, 0.25) is 0 Å². The van der Waals surface area contributed by atoms with Gasteiger partial charge in [-0.2, -0.15) is 13.2 Å². The van der Waals surface area contributed by atoms with Gasteiger partial charge >= 0.3 is 12.1 Å². The third kappa shape index (κ3) is 3.76. The first-order valence-electron chi connectivity index (χ1n) is 6.54. The molecule has 2 N–H and O–H groups in total. The minimum absolute atomic E-state index is 0.0272. The number of alkyl halides is 3. The summed E-state index contributed by atoms with van der Waals surface area (Å²) in [6, 6.07) is 6.51. The van der Waals surface area contributed by atoms with Crippen LogP contribution in [0.1, 0.15) is 33.8 Å². The quantitative estimate of drug-likeness (QED) is 0.841. The van der Waals surface area contributed by atoms with E-state index >= 15 is 0 Å². The van der Waals surface area contributed by atoms with Gasteiger partial charge in [-0.25, -0.2) is 4.79 Å². The first-order chi connectivity index (χ1) is 10.7. The second kappa shape index (κ2) is 6.49. The van der Waals surface area contributed by atoms with Crippen LogP contribution >= 0.6 is 11.3 Å². The molecule has 0 aliphatic carbocycles. The second-order valence-corrected chi connectivity index (χ2v) is 5.76. The SMILES string of the molecule is COC(=O)c1sc(N)cc1OC(C)c1ccccc1C(F)(F)F. The Labute approximate surface area is 134 Å². The van der Waals surface area contributed by atoms with Crippen molar-refractivity contribution in [3.05, 3.63) is 46.3 Å². The predicted molar refractivity (Wildman–Crippen MR) is 80.6 cm³/mol. The van der Waals surface area contributed by atoms with E-state index in [1.165, 1.54) is 38.3 Å². The van der Waals surface area contributed by atoms with Gasteiger partial charge in [0.05, 0.1) is 17.7 Å². The monoisotopic (exact) mass is 345 g/mol. The number of ether oxygens (including phenoxy) is 2. The maximum atomic E-state index is 13.1. The molecule has 0 aliphatic heterocycles. The van der Waals surface area contributed by atoms with Crippen LogP contribution in [0, 0.1) is 0 Å². The molecule has 2 aromatic rings. The number of esters is 1. The number of hydrogen-bond donors (Lipinski definition) is 1. The Morgan fingerprint density at radius 2 is 1.96 bits per heavy atom. The second-order valence-electron chi connectivity index (χ2n) is 4.68. The predicted octanol–water partition coefficient (Wildman–Crippen LogP) is 4.28. The van der Waals surface area contributed by atoms with Crippen LogP contribution in [0.3, 0.4) is 0 Å². The summed E-state index contributed by atoms with van der Waals surface area (Å²) < 4.78 is 49.4. The first kappa shape index (κ1) is 17.1. The molecule has 0 amide bonds. The Morgan fingerprint density at radius 3 is 2.57 bits per heavy atom. The molecule has 0 aliphatic rings. The Morgan fingerprint density at radius 1 is 1.30 bits per heavy atom. The van der Waals surface area contributed by atoms with Crippen molar-refractivity contribution in [1.82, 2.24) is 0 Å². The van der Waals surface area contributed by atoms with Crippen molar-refractivity contribution >= 4 is 22.3 Å². The highest BCUT2D eigenvalue weighted by atomic mass is 32.1. The van der Waals surface area contributed by atoms with Crippen molar-refractivity contribution in [2.75, 3.05) is 12.8 Å². The summed E-state index contributed by atoms with van der Waals surface area (Å²) in [6.45, 7) is 1.47. The van der Waals surface area contributed by atoms with Crippen molar-refractivity contribution in [2.45, 2.75) is 19.2 Å². The first-order valence-corrected chi connectivity index (χ1v) is 7.36. The summed E-state index contributed by atoms with van der Waals surface area (Å²) >= 11 is 0.950. The molecule has 8 heteroatoms. The summed E-state index contributed by atoms with van der Waals surface area (Å²) in [5.74, 6) is -0.554. The van der Waals surface area contributed by atoms with Gasteiger partial charge in [-0.3, -0.25) is 0 Å². The Hall–Kier alpha value is -2.22. The van der Waals surface area contributed by atoms with Gasteiger partial charge in [0.1, 0.15) is 11.9 Å². The Kier molecular flexibility index (Phi) is 4.84. The number of nitrogen functional groups attached to an aromatic ring is 1. The van der Waals surface area contributed by atoms with Crippen molar-refractivity contribution in [3.63, 3.8) is 0 Å². The number of thiophene rings is 1. The number of carbonyl (C=O) groups excluding carboxylic acids is 1. The van der Waals surface area contributed by atoms with E-state index in [0.717, 1.165) is 17.4 Å². The average molecular weight is 345 g/mol. The van der Waals surface area contributed by atoms with Crippen LogP contribution in [0.2, 0.25) is 0 Å². The molecule has 4 nitrogen and oxygen atoms in total. The fraction of sp³-hybridized carbons (Fsp3) is 0.267. The van der Waals surface area contributed by atoms with Gasteiger partial charge in [-0.05, 0) is 13.0 Å². The summed E-state index contributed by atoms with van der Waals surface area (Å²) in [6.07, 6.45) is -5.42. The topological polar surface area (TPSA) is 61.5 Å². The minimum Gasteiger partial charge on any atom is -0.484 e. The zero-order chi connectivity index (χ0) is 17.2. The van der Waals surface area contributed by atoms with Gasteiger partial charge < -0.3 is 15.2 Å². The highest BCUT2D eigenvalue weighted by molar-refractivity contribution is 7.18. The third-order valence-electron chi connectivity index (χ3n) is 3.10. The van der Waals surface area contributed by atoms with Crippen LogP contribution < -0.4 is 10.5 Å². The molecule has 1 unspecified atom stereocenters.